The van der Waals surface area contributed by atoms with Crippen molar-refractivity contribution in [3.05, 3.63) is 23.0 Å². The first-order valence-corrected chi connectivity index (χ1v) is 5.28. The second kappa shape index (κ2) is 3.60. The number of pyridine rings is 1. The monoisotopic (exact) mass is 191 g/mol. The van der Waals surface area contributed by atoms with E-state index in [1.807, 2.05) is 6.20 Å². The number of hydrogen-bond donors (Lipinski definition) is 0. The maximum Gasteiger partial charge on any atom is 0.128 e. The minimum absolute atomic E-state index is 0.489. The molecule has 76 valence electrons. The molecule has 0 fully saturated rings. The van der Waals surface area contributed by atoms with Gasteiger partial charge in [0, 0.05) is 23.0 Å². The van der Waals surface area contributed by atoms with E-state index in [0.717, 1.165) is 18.6 Å². The molecule has 1 aromatic heterocycles. The highest BCUT2D eigenvalue weighted by Gasteiger charge is 2.20. The Morgan fingerprint density at radius 3 is 2.79 bits per heavy atom. The quantitative estimate of drug-likeness (QED) is 0.717. The summed E-state index contributed by atoms with van der Waals surface area (Å²) >= 11 is 0. The van der Waals surface area contributed by atoms with Gasteiger partial charge in [0.2, 0.25) is 0 Å². The van der Waals surface area contributed by atoms with Gasteiger partial charge in [0.25, 0.3) is 0 Å². The lowest BCUT2D eigenvalue weighted by Crippen LogP contribution is -2.01. The van der Waals surface area contributed by atoms with Crippen molar-refractivity contribution >= 4 is 0 Å². The molecule has 1 heterocycles. The highest BCUT2D eigenvalue weighted by molar-refractivity contribution is 5.46. The summed E-state index contributed by atoms with van der Waals surface area (Å²) in [5.41, 5.74) is 3.83. The first-order valence-electron chi connectivity index (χ1n) is 5.28. The van der Waals surface area contributed by atoms with Crippen LogP contribution in [0.25, 0.3) is 0 Å². The van der Waals surface area contributed by atoms with E-state index in [4.69, 9.17) is 4.74 Å². The van der Waals surface area contributed by atoms with Crippen LogP contribution in [0.1, 0.15) is 43.0 Å². The number of fused-ring (bicyclic) bond motifs is 1. The van der Waals surface area contributed by atoms with Crippen LogP contribution in [0, 0.1) is 0 Å². The van der Waals surface area contributed by atoms with Gasteiger partial charge >= 0.3 is 0 Å². The van der Waals surface area contributed by atoms with E-state index in [-0.39, 0.29) is 0 Å². The fraction of sp³-hybridized carbons (Fsp3) is 0.583. The van der Waals surface area contributed by atoms with Crippen molar-refractivity contribution in [1.82, 2.24) is 4.98 Å². The molecular weight excluding hydrogens is 174 g/mol. The molecule has 0 spiro atoms. The minimum Gasteiger partial charge on any atom is -0.496 e. The molecule has 2 heteroatoms. The number of aromatic nitrogens is 1. The van der Waals surface area contributed by atoms with Crippen molar-refractivity contribution in [1.29, 1.82) is 0 Å². The van der Waals surface area contributed by atoms with Crippen molar-refractivity contribution in [3.8, 4) is 5.75 Å². The van der Waals surface area contributed by atoms with Gasteiger partial charge in [-0.05, 0) is 25.2 Å². The lowest BCUT2D eigenvalue weighted by Gasteiger charge is -2.14. The first kappa shape index (κ1) is 9.50. The van der Waals surface area contributed by atoms with Crippen LogP contribution >= 0.6 is 0 Å². The van der Waals surface area contributed by atoms with Crippen LogP contribution in [-0.2, 0) is 12.8 Å². The Labute approximate surface area is 85.3 Å². The Kier molecular flexibility index (Phi) is 2.44. The Morgan fingerprint density at radius 1 is 1.36 bits per heavy atom. The molecule has 0 saturated carbocycles. The Bertz CT molecular complexity index is 344. The predicted molar refractivity (Wildman–Crippen MR) is 56.9 cm³/mol. The molecule has 0 atom stereocenters. The van der Waals surface area contributed by atoms with Crippen molar-refractivity contribution in [2.45, 2.75) is 39.0 Å². The summed E-state index contributed by atoms with van der Waals surface area (Å²) in [6, 6.07) is 0. The molecule has 0 saturated heterocycles. The van der Waals surface area contributed by atoms with Crippen molar-refractivity contribution in [2.75, 3.05) is 7.11 Å². The predicted octanol–water partition coefficient (Wildman–Crippen LogP) is 2.70. The average Bonchev–Trinajstić information content (AvgIpc) is 2.63. The molecule has 0 N–H and O–H groups in total. The third-order valence-corrected chi connectivity index (χ3v) is 2.91. The van der Waals surface area contributed by atoms with E-state index in [1.165, 1.54) is 23.2 Å². The molecule has 1 aliphatic rings. The zero-order valence-corrected chi connectivity index (χ0v) is 9.13. The highest BCUT2D eigenvalue weighted by Crippen LogP contribution is 2.35. The van der Waals surface area contributed by atoms with Gasteiger partial charge < -0.3 is 4.74 Å². The largest absolute Gasteiger partial charge is 0.496 e. The maximum absolute atomic E-state index is 5.51. The summed E-state index contributed by atoms with van der Waals surface area (Å²) in [4.78, 5) is 4.51. The first-order chi connectivity index (χ1) is 6.74. The number of aryl methyl sites for hydroxylation is 1. The van der Waals surface area contributed by atoms with Crippen LogP contribution in [0.3, 0.4) is 0 Å². The molecule has 0 unspecified atom stereocenters. The maximum atomic E-state index is 5.51. The van der Waals surface area contributed by atoms with Gasteiger partial charge in [-0.1, -0.05) is 13.8 Å². The second-order valence-corrected chi connectivity index (χ2v) is 4.18. The molecule has 0 radical (unpaired) electrons. The third kappa shape index (κ3) is 1.39. The van der Waals surface area contributed by atoms with Crippen LogP contribution in [0.5, 0.6) is 5.75 Å². The highest BCUT2D eigenvalue weighted by atomic mass is 16.5. The fourth-order valence-electron chi connectivity index (χ4n) is 2.15. The van der Waals surface area contributed by atoms with Crippen LogP contribution in [-0.4, -0.2) is 12.1 Å². The second-order valence-electron chi connectivity index (χ2n) is 4.18. The molecule has 0 aromatic carbocycles. The van der Waals surface area contributed by atoms with Crippen LogP contribution < -0.4 is 4.74 Å². The number of rotatable bonds is 2. The molecule has 0 aliphatic heterocycles. The third-order valence-electron chi connectivity index (χ3n) is 2.91. The molecule has 0 amide bonds. The molecule has 14 heavy (non-hydrogen) atoms. The Balaban J connectivity index is 2.54. The van der Waals surface area contributed by atoms with Gasteiger partial charge in [0.15, 0.2) is 0 Å². The van der Waals surface area contributed by atoms with E-state index in [9.17, 15) is 0 Å². The zero-order valence-electron chi connectivity index (χ0n) is 9.13. The summed E-state index contributed by atoms with van der Waals surface area (Å²) in [7, 11) is 1.76. The summed E-state index contributed by atoms with van der Waals surface area (Å²) in [6.45, 7) is 4.36. The van der Waals surface area contributed by atoms with Gasteiger partial charge in [-0.2, -0.15) is 0 Å². The van der Waals surface area contributed by atoms with Crippen molar-refractivity contribution < 1.29 is 4.74 Å². The SMILES string of the molecule is COc1c(C(C)C)cnc2c1CCC2. The lowest BCUT2D eigenvalue weighted by atomic mass is 10.0. The van der Waals surface area contributed by atoms with Crippen LogP contribution in [0.4, 0.5) is 0 Å². The van der Waals surface area contributed by atoms with Gasteiger partial charge in [0.1, 0.15) is 5.75 Å². The average molecular weight is 191 g/mol. The summed E-state index contributed by atoms with van der Waals surface area (Å²) in [6.07, 6.45) is 5.45. The van der Waals surface area contributed by atoms with Crippen LogP contribution in [0.15, 0.2) is 6.20 Å². The van der Waals surface area contributed by atoms with E-state index in [2.05, 4.69) is 18.8 Å². The Morgan fingerprint density at radius 2 is 2.14 bits per heavy atom. The van der Waals surface area contributed by atoms with Gasteiger partial charge in [-0.3, -0.25) is 4.98 Å². The number of nitrogens with zero attached hydrogens (tertiary/aromatic N) is 1. The molecule has 0 bridgehead atoms. The topological polar surface area (TPSA) is 22.1 Å². The Hall–Kier alpha value is -1.05. The fourth-order valence-corrected chi connectivity index (χ4v) is 2.15. The van der Waals surface area contributed by atoms with Gasteiger partial charge in [-0.15, -0.1) is 0 Å². The van der Waals surface area contributed by atoms with E-state index in [0.29, 0.717) is 5.92 Å². The zero-order chi connectivity index (χ0) is 10.1. The summed E-state index contributed by atoms with van der Waals surface area (Å²) in [5, 5.41) is 0. The summed E-state index contributed by atoms with van der Waals surface area (Å²) in [5.74, 6) is 1.57. The lowest BCUT2D eigenvalue weighted by molar-refractivity contribution is 0.402. The molecule has 2 nitrogen and oxygen atoms in total. The van der Waals surface area contributed by atoms with E-state index >= 15 is 0 Å². The molecule has 1 aromatic rings. The van der Waals surface area contributed by atoms with Crippen molar-refractivity contribution in [3.63, 3.8) is 0 Å². The molecule has 2 rings (SSSR count). The van der Waals surface area contributed by atoms with Gasteiger partial charge in [-0.25, -0.2) is 0 Å². The van der Waals surface area contributed by atoms with Crippen molar-refractivity contribution in [2.24, 2.45) is 0 Å². The number of methoxy groups -OCH3 is 1. The number of hydrogen-bond acceptors (Lipinski definition) is 2. The molecular formula is C12H17NO. The van der Waals surface area contributed by atoms with Gasteiger partial charge in [0.05, 0.1) is 7.11 Å². The van der Waals surface area contributed by atoms with E-state index < -0.39 is 0 Å². The normalized spacial score (nSPS) is 14.6. The minimum atomic E-state index is 0.489. The van der Waals surface area contributed by atoms with E-state index in [1.54, 1.807) is 7.11 Å². The number of ether oxygens (including phenoxy) is 1. The summed E-state index contributed by atoms with van der Waals surface area (Å²) < 4.78 is 5.51. The standard InChI is InChI=1S/C12H17NO/c1-8(2)10-7-13-11-6-4-5-9(11)12(10)14-3/h7-8H,4-6H2,1-3H3. The van der Waals surface area contributed by atoms with Crippen LogP contribution in [0.2, 0.25) is 0 Å². The smallest absolute Gasteiger partial charge is 0.128 e. The molecule has 1 aliphatic carbocycles.